The number of carbonyl (C=O) groups excluding carboxylic acids is 1. The van der Waals surface area contributed by atoms with E-state index in [9.17, 15) is 13.2 Å². The van der Waals surface area contributed by atoms with E-state index in [0.717, 1.165) is 0 Å². The van der Waals surface area contributed by atoms with E-state index >= 15 is 0 Å². The van der Waals surface area contributed by atoms with E-state index in [0.29, 0.717) is 5.56 Å². The molecule has 0 spiro atoms. The first-order valence-corrected chi connectivity index (χ1v) is 7.57. The molecular formula is C11H15ClN2O4S. The van der Waals surface area contributed by atoms with Crippen molar-refractivity contribution in [3.8, 4) is 0 Å². The molecule has 1 amide bonds. The SMILES string of the molecule is CC(C)OCC(=O)NS(=O)(=O)Cc1ccc(Cl)nc1. The fraction of sp³-hybridized carbons (Fsp3) is 0.455. The number of ether oxygens (including phenoxy) is 1. The quantitative estimate of drug-likeness (QED) is 0.796. The molecule has 106 valence electrons. The number of amides is 1. The van der Waals surface area contributed by atoms with Gasteiger partial charge in [-0.05, 0) is 25.5 Å². The Kier molecular flexibility index (Phi) is 5.71. The Morgan fingerprint density at radius 1 is 1.47 bits per heavy atom. The third-order valence-corrected chi connectivity index (χ3v) is 3.44. The summed E-state index contributed by atoms with van der Waals surface area (Å²) in [4.78, 5) is 15.1. The van der Waals surface area contributed by atoms with Gasteiger partial charge in [0.15, 0.2) is 0 Å². The molecule has 0 fully saturated rings. The number of hydrogen-bond acceptors (Lipinski definition) is 5. The molecule has 0 radical (unpaired) electrons. The number of carbonyl (C=O) groups is 1. The lowest BCUT2D eigenvalue weighted by Crippen LogP contribution is -2.35. The zero-order chi connectivity index (χ0) is 14.5. The Labute approximate surface area is 117 Å². The van der Waals surface area contributed by atoms with Crippen molar-refractivity contribution in [1.82, 2.24) is 9.71 Å². The number of nitrogens with one attached hydrogen (secondary N) is 1. The minimum absolute atomic E-state index is 0.145. The van der Waals surface area contributed by atoms with Crippen LogP contribution in [0.4, 0.5) is 0 Å². The second-order valence-corrected chi connectivity index (χ2v) is 6.24. The van der Waals surface area contributed by atoms with E-state index in [4.69, 9.17) is 16.3 Å². The third kappa shape index (κ3) is 6.51. The van der Waals surface area contributed by atoms with Gasteiger partial charge in [0.1, 0.15) is 11.8 Å². The fourth-order valence-corrected chi connectivity index (χ4v) is 2.39. The van der Waals surface area contributed by atoms with Crippen molar-refractivity contribution in [2.45, 2.75) is 25.7 Å². The number of aromatic nitrogens is 1. The van der Waals surface area contributed by atoms with E-state index in [1.807, 2.05) is 4.72 Å². The minimum atomic E-state index is -3.76. The van der Waals surface area contributed by atoms with Crippen LogP contribution in [0, 0.1) is 0 Å². The molecule has 1 N–H and O–H groups in total. The molecule has 0 bridgehead atoms. The van der Waals surface area contributed by atoms with Gasteiger partial charge in [0.05, 0.1) is 11.9 Å². The standard InChI is InChI=1S/C11H15ClN2O4S/c1-8(2)18-6-11(15)14-19(16,17)7-9-3-4-10(12)13-5-9/h3-5,8H,6-7H2,1-2H3,(H,14,15). The van der Waals surface area contributed by atoms with Gasteiger partial charge in [-0.2, -0.15) is 0 Å². The van der Waals surface area contributed by atoms with Gasteiger partial charge < -0.3 is 4.74 Å². The van der Waals surface area contributed by atoms with Crippen LogP contribution in [0.5, 0.6) is 0 Å². The van der Waals surface area contributed by atoms with Gasteiger partial charge in [-0.3, -0.25) is 9.52 Å². The first-order valence-electron chi connectivity index (χ1n) is 5.54. The van der Waals surface area contributed by atoms with Crippen LogP contribution in [0.3, 0.4) is 0 Å². The second kappa shape index (κ2) is 6.83. The molecule has 19 heavy (non-hydrogen) atoms. The largest absolute Gasteiger partial charge is 0.369 e. The zero-order valence-corrected chi connectivity index (χ0v) is 12.2. The molecule has 0 saturated heterocycles. The van der Waals surface area contributed by atoms with E-state index in [2.05, 4.69) is 4.98 Å². The number of nitrogens with zero attached hydrogens (tertiary/aromatic N) is 1. The molecule has 0 aliphatic rings. The maximum atomic E-state index is 11.7. The van der Waals surface area contributed by atoms with Crippen molar-refractivity contribution >= 4 is 27.5 Å². The Morgan fingerprint density at radius 2 is 2.16 bits per heavy atom. The molecule has 0 atom stereocenters. The first kappa shape index (κ1) is 15.9. The van der Waals surface area contributed by atoms with E-state index in [1.165, 1.54) is 18.3 Å². The Balaban J connectivity index is 2.56. The normalized spacial score (nSPS) is 11.6. The Bertz CT molecular complexity index is 528. The second-order valence-electron chi connectivity index (χ2n) is 4.13. The summed E-state index contributed by atoms with van der Waals surface area (Å²) in [6.45, 7) is 3.21. The van der Waals surface area contributed by atoms with E-state index in [-0.39, 0.29) is 23.6 Å². The van der Waals surface area contributed by atoms with Gasteiger partial charge in [-0.1, -0.05) is 17.7 Å². The predicted octanol–water partition coefficient (Wildman–Crippen LogP) is 1.11. The molecule has 1 heterocycles. The molecule has 0 unspecified atom stereocenters. The molecule has 1 rings (SSSR count). The summed E-state index contributed by atoms with van der Waals surface area (Å²) in [5.74, 6) is -1.04. The Morgan fingerprint density at radius 3 is 2.68 bits per heavy atom. The highest BCUT2D eigenvalue weighted by Crippen LogP contribution is 2.08. The minimum Gasteiger partial charge on any atom is -0.369 e. The maximum absolute atomic E-state index is 11.7. The van der Waals surface area contributed by atoms with Crippen LogP contribution >= 0.6 is 11.6 Å². The van der Waals surface area contributed by atoms with Crippen molar-refractivity contribution < 1.29 is 17.9 Å². The molecule has 6 nitrogen and oxygen atoms in total. The molecular weight excluding hydrogens is 292 g/mol. The number of hydrogen-bond donors (Lipinski definition) is 1. The van der Waals surface area contributed by atoms with Crippen molar-refractivity contribution in [1.29, 1.82) is 0 Å². The number of pyridine rings is 1. The maximum Gasteiger partial charge on any atom is 0.259 e. The fourth-order valence-electron chi connectivity index (χ4n) is 1.19. The van der Waals surface area contributed by atoms with E-state index in [1.54, 1.807) is 13.8 Å². The van der Waals surface area contributed by atoms with Crippen LogP contribution in [0.1, 0.15) is 19.4 Å². The van der Waals surface area contributed by atoms with Crippen molar-refractivity contribution in [3.05, 3.63) is 29.0 Å². The number of sulfonamides is 1. The summed E-state index contributed by atoms with van der Waals surface area (Å²) in [6.07, 6.45) is 1.20. The molecule has 0 aliphatic heterocycles. The summed E-state index contributed by atoms with van der Waals surface area (Å²) in [5, 5.41) is 0.274. The van der Waals surface area contributed by atoms with Crippen molar-refractivity contribution in [2.24, 2.45) is 0 Å². The van der Waals surface area contributed by atoms with Crippen LogP contribution in [0.15, 0.2) is 18.3 Å². The highest BCUT2D eigenvalue weighted by molar-refractivity contribution is 7.89. The third-order valence-electron chi connectivity index (χ3n) is 1.96. The smallest absolute Gasteiger partial charge is 0.259 e. The molecule has 0 aliphatic carbocycles. The van der Waals surface area contributed by atoms with Gasteiger partial charge in [-0.15, -0.1) is 0 Å². The number of halogens is 1. The average molecular weight is 307 g/mol. The Hall–Kier alpha value is -1.18. The highest BCUT2D eigenvalue weighted by atomic mass is 35.5. The monoisotopic (exact) mass is 306 g/mol. The summed E-state index contributed by atoms with van der Waals surface area (Å²) in [6, 6.07) is 3.01. The van der Waals surface area contributed by atoms with E-state index < -0.39 is 15.9 Å². The summed E-state index contributed by atoms with van der Waals surface area (Å²) < 4.78 is 30.3. The summed E-state index contributed by atoms with van der Waals surface area (Å²) in [7, 11) is -3.76. The van der Waals surface area contributed by atoms with Crippen molar-refractivity contribution in [2.75, 3.05) is 6.61 Å². The lowest BCUT2D eigenvalue weighted by Gasteiger charge is -2.09. The molecule has 1 aromatic heterocycles. The zero-order valence-electron chi connectivity index (χ0n) is 10.6. The van der Waals surface area contributed by atoms with Crippen LogP contribution in [0.25, 0.3) is 0 Å². The highest BCUT2D eigenvalue weighted by Gasteiger charge is 2.16. The average Bonchev–Trinajstić information content (AvgIpc) is 2.28. The molecule has 8 heteroatoms. The van der Waals surface area contributed by atoms with Gasteiger partial charge >= 0.3 is 0 Å². The van der Waals surface area contributed by atoms with Crippen molar-refractivity contribution in [3.63, 3.8) is 0 Å². The van der Waals surface area contributed by atoms with Gasteiger partial charge in [0.25, 0.3) is 5.91 Å². The lowest BCUT2D eigenvalue weighted by molar-refractivity contribution is -0.125. The lowest BCUT2D eigenvalue weighted by atomic mass is 10.3. The van der Waals surface area contributed by atoms with Crippen LogP contribution in [0.2, 0.25) is 5.15 Å². The van der Waals surface area contributed by atoms with Crippen LogP contribution < -0.4 is 4.72 Å². The van der Waals surface area contributed by atoms with Crippen LogP contribution in [-0.4, -0.2) is 32.0 Å². The number of rotatable bonds is 6. The van der Waals surface area contributed by atoms with Gasteiger partial charge in [0, 0.05) is 6.20 Å². The topological polar surface area (TPSA) is 85.4 Å². The van der Waals surface area contributed by atoms with Gasteiger partial charge in [0.2, 0.25) is 10.0 Å². The summed E-state index contributed by atoms with van der Waals surface area (Å²) in [5.41, 5.74) is 0.439. The van der Waals surface area contributed by atoms with Crippen LogP contribution in [-0.2, 0) is 25.3 Å². The van der Waals surface area contributed by atoms with Gasteiger partial charge in [-0.25, -0.2) is 13.4 Å². The molecule has 1 aromatic rings. The molecule has 0 aromatic carbocycles. The predicted molar refractivity (Wildman–Crippen MR) is 71.1 cm³/mol. The summed E-state index contributed by atoms with van der Waals surface area (Å²) >= 11 is 5.59. The first-order chi connectivity index (χ1) is 8.78. The molecule has 0 saturated carbocycles.